The van der Waals surface area contributed by atoms with Crippen molar-refractivity contribution in [2.24, 2.45) is 5.92 Å². The molecule has 1 aliphatic heterocycles. The normalized spacial score (nSPS) is 23.4. The van der Waals surface area contributed by atoms with Crippen LogP contribution in [0.15, 0.2) is 15.9 Å². The number of amides is 1. The number of nitrogens with zero attached hydrogens (tertiary/aromatic N) is 1. The molecule has 19 heavy (non-hydrogen) atoms. The number of thiophene rings is 1. The Morgan fingerprint density at radius 1 is 1.53 bits per heavy atom. The highest BCUT2D eigenvalue weighted by Crippen LogP contribution is 2.29. The molecule has 1 aromatic rings. The van der Waals surface area contributed by atoms with Crippen LogP contribution in [0.2, 0.25) is 0 Å². The third-order valence-corrected chi connectivity index (χ3v) is 5.23. The predicted molar refractivity (Wildman–Crippen MR) is 77.5 cm³/mol. The van der Waals surface area contributed by atoms with Gasteiger partial charge in [-0.25, -0.2) is 4.79 Å². The van der Waals surface area contributed by atoms with E-state index in [-0.39, 0.29) is 5.91 Å². The maximum atomic E-state index is 12.4. The smallest absolute Gasteiger partial charge is 0.326 e. The van der Waals surface area contributed by atoms with Crippen LogP contribution in [0.5, 0.6) is 0 Å². The molecule has 1 fully saturated rings. The summed E-state index contributed by atoms with van der Waals surface area (Å²) in [6, 6.07) is 2.86. The van der Waals surface area contributed by atoms with E-state index in [1.54, 1.807) is 6.07 Å². The molecule has 2 heterocycles. The van der Waals surface area contributed by atoms with Crippen LogP contribution >= 0.6 is 27.3 Å². The molecule has 2 atom stereocenters. The third kappa shape index (κ3) is 3.17. The Morgan fingerprint density at radius 3 is 2.79 bits per heavy atom. The van der Waals surface area contributed by atoms with E-state index in [1.807, 2.05) is 6.07 Å². The van der Waals surface area contributed by atoms with Gasteiger partial charge in [0.05, 0.1) is 8.66 Å². The van der Waals surface area contributed by atoms with Crippen LogP contribution in [0.25, 0.3) is 0 Å². The first kappa shape index (κ1) is 14.5. The molecular weight excluding hydrogens is 330 g/mol. The number of likely N-dealkylation sites (tertiary alicyclic amines) is 1. The quantitative estimate of drug-likeness (QED) is 0.914. The first-order valence-corrected chi connectivity index (χ1v) is 7.93. The Bertz CT molecular complexity index is 488. The highest BCUT2D eigenvalue weighted by atomic mass is 79.9. The van der Waals surface area contributed by atoms with Crippen LogP contribution in [0, 0.1) is 5.92 Å². The van der Waals surface area contributed by atoms with Gasteiger partial charge in [-0.05, 0) is 46.8 Å². The molecule has 1 N–H and O–H groups in total. The number of carboxylic acid groups (broad SMARTS) is 1. The van der Waals surface area contributed by atoms with Crippen molar-refractivity contribution in [2.45, 2.75) is 32.2 Å². The maximum absolute atomic E-state index is 12.4. The Balaban J connectivity index is 2.17. The maximum Gasteiger partial charge on any atom is 0.326 e. The number of hydrogen-bond donors (Lipinski definition) is 1. The molecule has 0 spiro atoms. The highest BCUT2D eigenvalue weighted by molar-refractivity contribution is 9.11. The van der Waals surface area contributed by atoms with Crippen molar-refractivity contribution in [3.05, 3.63) is 20.8 Å². The standard InChI is InChI=1S/C13H16BrNO3S/c1-2-8-5-6-15(9(7-8)13(17)18)12(16)10-3-4-11(14)19-10/h3-4,8-9H,2,5-7H2,1H3,(H,17,18). The van der Waals surface area contributed by atoms with E-state index in [4.69, 9.17) is 0 Å². The molecular formula is C13H16BrNO3S. The summed E-state index contributed by atoms with van der Waals surface area (Å²) in [6.45, 7) is 2.60. The molecule has 6 heteroatoms. The number of halogens is 1. The number of carbonyl (C=O) groups excluding carboxylic acids is 1. The fourth-order valence-electron chi connectivity index (χ4n) is 2.46. The fraction of sp³-hybridized carbons (Fsp3) is 0.538. The van der Waals surface area contributed by atoms with Gasteiger partial charge in [-0.15, -0.1) is 11.3 Å². The number of aliphatic carboxylic acids is 1. The van der Waals surface area contributed by atoms with E-state index in [0.29, 0.717) is 23.8 Å². The minimum absolute atomic E-state index is 0.169. The van der Waals surface area contributed by atoms with Crippen molar-refractivity contribution < 1.29 is 14.7 Å². The molecule has 0 saturated carbocycles. The van der Waals surface area contributed by atoms with Gasteiger partial charge in [0.15, 0.2) is 0 Å². The van der Waals surface area contributed by atoms with Gasteiger partial charge in [-0.3, -0.25) is 4.79 Å². The predicted octanol–water partition coefficient (Wildman–Crippen LogP) is 3.23. The van der Waals surface area contributed by atoms with E-state index in [9.17, 15) is 14.7 Å². The average molecular weight is 346 g/mol. The second kappa shape index (κ2) is 6.05. The minimum Gasteiger partial charge on any atom is -0.480 e. The van der Waals surface area contributed by atoms with E-state index >= 15 is 0 Å². The van der Waals surface area contributed by atoms with Gasteiger partial charge in [0, 0.05) is 6.54 Å². The van der Waals surface area contributed by atoms with Gasteiger partial charge in [-0.1, -0.05) is 13.3 Å². The summed E-state index contributed by atoms with van der Waals surface area (Å²) in [5.41, 5.74) is 0. The zero-order valence-electron chi connectivity index (χ0n) is 10.6. The van der Waals surface area contributed by atoms with E-state index in [1.165, 1.54) is 16.2 Å². The van der Waals surface area contributed by atoms with Crippen LogP contribution in [0.4, 0.5) is 0 Å². The van der Waals surface area contributed by atoms with E-state index < -0.39 is 12.0 Å². The Labute approximate surface area is 124 Å². The summed E-state index contributed by atoms with van der Waals surface area (Å²) in [5.74, 6) is -0.667. The van der Waals surface area contributed by atoms with Gasteiger partial charge in [0.25, 0.3) is 5.91 Å². The van der Waals surface area contributed by atoms with Crippen LogP contribution in [-0.4, -0.2) is 34.5 Å². The Hall–Kier alpha value is -0.880. The van der Waals surface area contributed by atoms with Crippen molar-refractivity contribution in [2.75, 3.05) is 6.54 Å². The number of rotatable bonds is 3. The molecule has 0 radical (unpaired) electrons. The van der Waals surface area contributed by atoms with Crippen LogP contribution < -0.4 is 0 Å². The second-order valence-corrected chi connectivity index (χ2v) is 7.22. The minimum atomic E-state index is -0.901. The molecule has 1 aliphatic rings. The van der Waals surface area contributed by atoms with Crippen LogP contribution in [-0.2, 0) is 4.79 Å². The van der Waals surface area contributed by atoms with Crippen molar-refractivity contribution in [1.29, 1.82) is 0 Å². The summed E-state index contributed by atoms with van der Waals surface area (Å²) in [7, 11) is 0. The number of piperidine rings is 1. The van der Waals surface area contributed by atoms with Crippen molar-refractivity contribution in [1.82, 2.24) is 4.90 Å². The van der Waals surface area contributed by atoms with E-state index in [0.717, 1.165) is 16.6 Å². The SMILES string of the molecule is CCC1CCN(C(=O)c2ccc(Br)s2)C(C(=O)O)C1. The van der Waals surface area contributed by atoms with Crippen LogP contribution in [0.1, 0.15) is 35.9 Å². The van der Waals surface area contributed by atoms with Crippen molar-refractivity contribution in [3.8, 4) is 0 Å². The number of carboxylic acids is 1. The Kier molecular flexibility index (Phi) is 4.62. The van der Waals surface area contributed by atoms with Crippen molar-refractivity contribution in [3.63, 3.8) is 0 Å². The lowest BCUT2D eigenvalue weighted by atomic mass is 9.89. The molecule has 0 bridgehead atoms. The average Bonchev–Trinajstić information content (AvgIpc) is 2.83. The molecule has 4 nitrogen and oxygen atoms in total. The fourth-order valence-corrected chi connectivity index (χ4v) is 3.80. The summed E-state index contributed by atoms with van der Waals surface area (Å²) in [5, 5.41) is 9.32. The largest absolute Gasteiger partial charge is 0.480 e. The summed E-state index contributed by atoms with van der Waals surface area (Å²) >= 11 is 4.66. The third-order valence-electron chi connectivity index (χ3n) is 3.62. The van der Waals surface area contributed by atoms with Gasteiger partial charge < -0.3 is 10.0 Å². The first-order valence-electron chi connectivity index (χ1n) is 6.32. The molecule has 1 saturated heterocycles. The molecule has 2 unspecified atom stereocenters. The number of hydrogen-bond acceptors (Lipinski definition) is 3. The van der Waals surface area contributed by atoms with E-state index in [2.05, 4.69) is 22.9 Å². The first-order chi connectivity index (χ1) is 9.02. The number of carbonyl (C=O) groups is 2. The molecule has 2 rings (SSSR count). The Morgan fingerprint density at radius 2 is 2.26 bits per heavy atom. The molecule has 104 valence electrons. The lowest BCUT2D eigenvalue weighted by molar-refractivity contribution is -0.144. The van der Waals surface area contributed by atoms with Gasteiger partial charge in [0.1, 0.15) is 6.04 Å². The van der Waals surface area contributed by atoms with Gasteiger partial charge >= 0.3 is 5.97 Å². The lowest BCUT2D eigenvalue weighted by Crippen LogP contribution is -2.49. The zero-order chi connectivity index (χ0) is 14.0. The molecule has 0 aliphatic carbocycles. The summed E-state index contributed by atoms with van der Waals surface area (Å²) in [4.78, 5) is 25.8. The molecule has 1 aromatic heterocycles. The second-order valence-electron chi connectivity index (χ2n) is 4.75. The van der Waals surface area contributed by atoms with Gasteiger partial charge in [-0.2, -0.15) is 0 Å². The van der Waals surface area contributed by atoms with Crippen LogP contribution in [0.3, 0.4) is 0 Å². The highest BCUT2D eigenvalue weighted by Gasteiger charge is 2.36. The summed E-state index contributed by atoms with van der Waals surface area (Å²) in [6.07, 6.45) is 2.42. The van der Waals surface area contributed by atoms with Gasteiger partial charge in [0.2, 0.25) is 0 Å². The monoisotopic (exact) mass is 345 g/mol. The zero-order valence-corrected chi connectivity index (χ0v) is 13.0. The molecule has 0 aromatic carbocycles. The topological polar surface area (TPSA) is 57.6 Å². The molecule has 1 amide bonds. The lowest BCUT2D eigenvalue weighted by Gasteiger charge is -2.36. The van der Waals surface area contributed by atoms with Crippen molar-refractivity contribution >= 4 is 39.1 Å². The summed E-state index contributed by atoms with van der Waals surface area (Å²) < 4.78 is 0.881.